The average molecular weight is 264 g/mol. The van der Waals surface area contributed by atoms with Gasteiger partial charge in [-0.25, -0.2) is 4.79 Å². The Morgan fingerprint density at radius 3 is 2.21 bits per heavy atom. The van der Waals surface area contributed by atoms with Crippen LogP contribution in [0.3, 0.4) is 0 Å². The number of methoxy groups -OCH3 is 2. The van der Waals surface area contributed by atoms with E-state index in [1.807, 2.05) is 0 Å². The van der Waals surface area contributed by atoms with Crippen LogP contribution in [0.2, 0.25) is 0 Å². The molecule has 0 radical (unpaired) electrons. The molecule has 5 heteroatoms. The molecule has 0 aliphatic rings. The van der Waals surface area contributed by atoms with E-state index >= 15 is 0 Å². The molecule has 0 aliphatic heterocycles. The van der Waals surface area contributed by atoms with Crippen molar-refractivity contribution in [1.29, 1.82) is 0 Å². The van der Waals surface area contributed by atoms with Crippen molar-refractivity contribution in [3.63, 3.8) is 0 Å². The maximum absolute atomic E-state index is 11.2. The normalized spacial score (nSPS) is 10.3. The van der Waals surface area contributed by atoms with Crippen molar-refractivity contribution in [2.24, 2.45) is 0 Å². The number of carbonyl (C=O) groups excluding carboxylic acids is 2. The maximum atomic E-state index is 11.2. The summed E-state index contributed by atoms with van der Waals surface area (Å²) in [5.41, 5.74) is 0.957. The molecule has 0 amide bonds. The first-order chi connectivity index (χ1) is 9.15. The Labute approximate surface area is 111 Å². The SMILES string of the molecule is CCOC(=O)/C=C/c1cc(OC)c(OC)cc1C=O. The fourth-order valence-corrected chi connectivity index (χ4v) is 1.51. The molecule has 0 aliphatic carbocycles. The molecule has 0 unspecified atom stereocenters. The van der Waals surface area contributed by atoms with Gasteiger partial charge in [0.1, 0.15) is 0 Å². The molecule has 0 bridgehead atoms. The van der Waals surface area contributed by atoms with Gasteiger partial charge in [-0.3, -0.25) is 4.79 Å². The Balaban J connectivity index is 3.12. The van der Waals surface area contributed by atoms with Gasteiger partial charge in [0, 0.05) is 11.6 Å². The predicted molar refractivity (Wildman–Crippen MR) is 70.6 cm³/mol. The van der Waals surface area contributed by atoms with E-state index in [-0.39, 0.29) is 0 Å². The summed E-state index contributed by atoms with van der Waals surface area (Å²) in [5, 5.41) is 0. The van der Waals surface area contributed by atoms with Crippen molar-refractivity contribution in [1.82, 2.24) is 0 Å². The van der Waals surface area contributed by atoms with Crippen LogP contribution in [0.15, 0.2) is 18.2 Å². The summed E-state index contributed by atoms with van der Waals surface area (Å²) in [6.45, 7) is 2.02. The van der Waals surface area contributed by atoms with E-state index < -0.39 is 5.97 Å². The molecular formula is C14H16O5. The molecule has 19 heavy (non-hydrogen) atoms. The van der Waals surface area contributed by atoms with Gasteiger partial charge >= 0.3 is 5.97 Å². The third-order valence-corrected chi connectivity index (χ3v) is 2.40. The van der Waals surface area contributed by atoms with Crippen molar-refractivity contribution in [2.45, 2.75) is 6.92 Å². The van der Waals surface area contributed by atoms with Gasteiger partial charge in [-0.2, -0.15) is 0 Å². The van der Waals surface area contributed by atoms with Crippen molar-refractivity contribution >= 4 is 18.3 Å². The minimum atomic E-state index is -0.464. The summed E-state index contributed by atoms with van der Waals surface area (Å²) in [5.74, 6) is 0.476. The highest BCUT2D eigenvalue weighted by atomic mass is 16.5. The molecule has 0 aromatic heterocycles. The number of benzene rings is 1. The first kappa shape index (κ1) is 14.8. The van der Waals surface area contributed by atoms with Crippen LogP contribution in [0.25, 0.3) is 6.08 Å². The number of hydrogen-bond acceptors (Lipinski definition) is 5. The van der Waals surface area contributed by atoms with Crippen LogP contribution in [-0.4, -0.2) is 33.1 Å². The zero-order valence-electron chi connectivity index (χ0n) is 11.1. The van der Waals surface area contributed by atoms with E-state index in [0.29, 0.717) is 35.5 Å². The van der Waals surface area contributed by atoms with Crippen molar-refractivity contribution in [3.05, 3.63) is 29.3 Å². The van der Waals surface area contributed by atoms with Gasteiger partial charge in [-0.15, -0.1) is 0 Å². The van der Waals surface area contributed by atoms with Gasteiger partial charge < -0.3 is 14.2 Å². The molecule has 5 nitrogen and oxygen atoms in total. The van der Waals surface area contributed by atoms with Crippen molar-refractivity contribution < 1.29 is 23.8 Å². The Kier molecular flexibility index (Phi) is 5.60. The van der Waals surface area contributed by atoms with Gasteiger partial charge in [0.2, 0.25) is 0 Å². The van der Waals surface area contributed by atoms with Crippen LogP contribution >= 0.6 is 0 Å². The van der Waals surface area contributed by atoms with E-state index in [2.05, 4.69) is 0 Å². The second kappa shape index (κ2) is 7.20. The second-order valence-electron chi connectivity index (χ2n) is 3.54. The highest BCUT2D eigenvalue weighted by Gasteiger charge is 2.09. The van der Waals surface area contributed by atoms with Crippen LogP contribution in [0.1, 0.15) is 22.8 Å². The van der Waals surface area contributed by atoms with E-state index in [1.165, 1.54) is 26.4 Å². The fraction of sp³-hybridized carbons (Fsp3) is 0.286. The minimum absolute atomic E-state index is 0.301. The van der Waals surface area contributed by atoms with Crippen LogP contribution in [0.4, 0.5) is 0 Å². The molecule has 102 valence electrons. The Morgan fingerprint density at radius 1 is 1.16 bits per heavy atom. The van der Waals surface area contributed by atoms with Crippen LogP contribution in [0.5, 0.6) is 11.5 Å². The summed E-state index contributed by atoms with van der Waals surface area (Å²) in [7, 11) is 2.98. The lowest BCUT2D eigenvalue weighted by Gasteiger charge is -2.10. The lowest BCUT2D eigenvalue weighted by Crippen LogP contribution is -1.99. The van der Waals surface area contributed by atoms with Crippen molar-refractivity contribution in [3.8, 4) is 11.5 Å². The van der Waals surface area contributed by atoms with Crippen LogP contribution in [0, 0.1) is 0 Å². The quantitative estimate of drug-likeness (QED) is 0.447. The van der Waals surface area contributed by atoms with E-state index in [4.69, 9.17) is 14.2 Å². The molecule has 1 rings (SSSR count). The van der Waals surface area contributed by atoms with Crippen molar-refractivity contribution in [2.75, 3.05) is 20.8 Å². The summed E-state index contributed by atoms with van der Waals surface area (Å²) in [6, 6.07) is 3.18. The summed E-state index contributed by atoms with van der Waals surface area (Å²) in [4.78, 5) is 22.3. The third kappa shape index (κ3) is 3.84. The van der Waals surface area contributed by atoms with Gasteiger partial charge in [0.25, 0.3) is 0 Å². The largest absolute Gasteiger partial charge is 0.493 e. The molecule has 0 fully saturated rings. The number of carbonyl (C=O) groups is 2. The molecule has 0 atom stereocenters. The van der Waals surface area contributed by atoms with Crippen LogP contribution in [-0.2, 0) is 9.53 Å². The van der Waals surface area contributed by atoms with Gasteiger partial charge in [0.15, 0.2) is 17.8 Å². The third-order valence-electron chi connectivity index (χ3n) is 2.40. The Morgan fingerprint density at radius 2 is 1.74 bits per heavy atom. The molecular weight excluding hydrogens is 248 g/mol. The monoisotopic (exact) mass is 264 g/mol. The summed E-state index contributed by atoms with van der Waals surface area (Å²) >= 11 is 0. The van der Waals surface area contributed by atoms with Gasteiger partial charge in [0.05, 0.1) is 20.8 Å². The van der Waals surface area contributed by atoms with Gasteiger partial charge in [-0.05, 0) is 30.7 Å². The highest BCUT2D eigenvalue weighted by Crippen LogP contribution is 2.30. The number of rotatable bonds is 6. The first-order valence-corrected chi connectivity index (χ1v) is 5.72. The lowest BCUT2D eigenvalue weighted by atomic mass is 10.1. The number of ether oxygens (including phenoxy) is 3. The second-order valence-corrected chi connectivity index (χ2v) is 3.54. The first-order valence-electron chi connectivity index (χ1n) is 5.72. The molecule has 0 spiro atoms. The molecule has 0 saturated carbocycles. The lowest BCUT2D eigenvalue weighted by molar-refractivity contribution is -0.137. The molecule has 1 aromatic rings. The Hall–Kier alpha value is -2.30. The smallest absolute Gasteiger partial charge is 0.330 e. The maximum Gasteiger partial charge on any atom is 0.330 e. The fourth-order valence-electron chi connectivity index (χ4n) is 1.51. The minimum Gasteiger partial charge on any atom is -0.493 e. The van der Waals surface area contributed by atoms with Crippen LogP contribution < -0.4 is 9.47 Å². The molecule has 0 heterocycles. The Bertz CT molecular complexity index is 491. The van der Waals surface area contributed by atoms with E-state index in [1.54, 1.807) is 19.1 Å². The number of hydrogen-bond donors (Lipinski definition) is 0. The average Bonchev–Trinajstić information content (AvgIpc) is 2.44. The van der Waals surface area contributed by atoms with E-state index in [0.717, 1.165) is 0 Å². The topological polar surface area (TPSA) is 61.8 Å². The highest BCUT2D eigenvalue weighted by molar-refractivity contribution is 5.90. The van der Waals surface area contributed by atoms with E-state index in [9.17, 15) is 9.59 Å². The summed E-state index contributed by atoms with van der Waals surface area (Å²) < 4.78 is 15.0. The number of esters is 1. The zero-order valence-corrected chi connectivity index (χ0v) is 11.1. The molecule has 0 saturated heterocycles. The standard InChI is InChI=1S/C14H16O5/c1-4-19-14(16)6-5-10-7-12(17-2)13(18-3)8-11(10)9-15/h5-9H,4H2,1-3H3/b6-5+. The molecule has 1 aromatic carbocycles. The predicted octanol–water partition coefficient (Wildman–Crippen LogP) is 2.09. The zero-order chi connectivity index (χ0) is 14.3. The molecule has 0 N–H and O–H groups in total. The van der Waals surface area contributed by atoms with Gasteiger partial charge in [-0.1, -0.05) is 0 Å². The number of aldehydes is 1. The summed E-state index contributed by atoms with van der Waals surface area (Å²) in [6.07, 6.45) is 3.45.